The molecule has 18 heavy (non-hydrogen) atoms. The highest BCUT2D eigenvalue weighted by Crippen LogP contribution is 2.09. The maximum atomic E-state index is 11.6. The van der Waals surface area contributed by atoms with Gasteiger partial charge in [0.05, 0.1) is 17.4 Å². The second-order valence-electron chi connectivity index (χ2n) is 4.07. The van der Waals surface area contributed by atoms with Crippen molar-refractivity contribution >= 4 is 17.6 Å². The van der Waals surface area contributed by atoms with Crippen molar-refractivity contribution in [3.8, 4) is 0 Å². The molecule has 0 spiro atoms. The number of nitrogens with zero attached hydrogens (tertiary/aromatic N) is 1. The van der Waals surface area contributed by atoms with E-state index >= 15 is 0 Å². The van der Waals surface area contributed by atoms with Crippen LogP contribution in [0.1, 0.15) is 36.5 Å². The fourth-order valence-electron chi connectivity index (χ4n) is 1.55. The van der Waals surface area contributed by atoms with E-state index in [9.17, 15) is 9.59 Å². The maximum absolute atomic E-state index is 11.6. The number of hydrogen-bond acceptors (Lipinski definition) is 4. The van der Waals surface area contributed by atoms with Crippen LogP contribution in [-0.4, -0.2) is 28.0 Å². The van der Waals surface area contributed by atoms with Crippen LogP contribution in [0.5, 0.6) is 0 Å². The van der Waals surface area contributed by atoms with E-state index in [1.54, 1.807) is 0 Å². The zero-order valence-corrected chi connectivity index (χ0v) is 10.2. The molecule has 1 unspecified atom stereocenters. The minimum absolute atomic E-state index is 0.0330. The van der Waals surface area contributed by atoms with E-state index < -0.39 is 5.97 Å². The topological polar surface area (TPSA) is 105 Å². The molecule has 0 bridgehead atoms. The molecular formula is C12H17N3O3. The van der Waals surface area contributed by atoms with Gasteiger partial charge in [-0.2, -0.15) is 0 Å². The van der Waals surface area contributed by atoms with Crippen LogP contribution in [0.3, 0.4) is 0 Å². The summed E-state index contributed by atoms with van der Waals surface area (Å²) >= 11 is 0. The molecule has 4 N–H and O–H groups in total. The van der Waals surface area contributed by atoms with Crippen LogP contribution < -0.4 is 11.1 Å². The second-order valence-corrected chi connectivity index (χ2v) is 4.07. The number of carboxylic acid groups (broad SMARTS) is 1. The van der Waals surface area contributed by atoms with E-state index in [2.05, 4.69) is 10.3 Å². The van der Waals surface area contributed by atoms with Gasteiger partial charge >= 0.3 is 5.97 Å². The maximum Gasteiger partial charge on any atom is 0.337 e. The molecule has 0 aliphatic rings. The minimum Gasteiger partial charge on any atom is -0.478 e. The normalized spacial score (nSPS) is 11.9. The molecule has 0 fully saturated rings. The van der Waals surface area contributed by atoms with E-state index in [4.69, 9.17) is 10.8 Å². The molecule has 98 valence electrons. The van der Waals surface area contributed by atoms with Crippen LogP contribution in [0.15, 0.2) is 18.5 Å². The molecule has 0 aromatic carbocycles. The Morgan fingerprint density at radius 1 is 1.50 bits per heavy atom. The standard InChI is InChI=1S/C12H17N3O3/c1-2-3-9(13)5-11(16)15-10-4-8(12(17)18)6-14-7-10/h4,6-7,9H,2-3,5,13H2,1H3,(H,15,16)(H,17,18). The quantitative estimate of drug-likeness (QED) is 0.705. The second kappa shape index (κ2) is 6.70. The number of amides is 1. The summed E-state index contributed by atoms with van der Waals surface area (Å²) in [5, 5.41) is 11.4. The Kier molecular flexibility index (Phi) is 5.26. The van der Waals surface area contributed by atoms with Crippen molar-refractivity contribution in [3.05, 3.63) is 24.0 Å². The van der Waals surface area contributed by atoms with E-state index in [0.717, 1.165) is 12.8 Å². The SMILES string of the molecule is CCCC(N)CC(=O)Nc1cncc(C(=O)O)c1. The van der Waals surface area contributed by atoms with E-state index in [0.29, 0.717) is 5.69 Å². The highest BCUT2D eigenvalue weighted by atomic mass is 16.4. The molecule has 0 aliphatic carbocycles. The number of nitrogens with two attached hydrogens (primary N) is 1. The van der Waals surface area contributed by atoms with Gasteiger partial charge < -0.3 is 16.2 Å². The van der Waals surface area contributed by atoms with Gasteiger partial charge in [0, 0.05) is 18.7 Å². The molecular weight excluding hydrogens is 234 g/mol. The fourth-order valence-corrected chi connectivity index (χ4v) is 1.55. The fraction of sp³-hybridized carbons (Fsp3) is 0.417. The van der Waals surface area contributed by atoms with E-state index in [1.807, 2.05) is 6.92 Å². The summed E-state index contributed by atoms with van der Waals surface area (Å²) < 4.78 is 0. The third-order valence-corrected chi connectivity index (χ3v) is 2.38. The van der Waals surface area contributed by atoms with E-state index in [1.165, 1.54) is 18.5 Å². The lowest BCUT2D eigenvalue weighted by Crippen LogP contribution is -2.26. The van der Waals surface area contributed by atoms with Gasteiger partial charge in [-0.1, -0.05) is 13.3 Å². The van der Waals surface area contributed by atoms with Crippen molar-refractivity contribution in [1.82, 2.24) is 4.98 Å². The highest BCUT2D eigenvalue weighted by molar-refractivity contribution is 5.93. The lowest BCUT2D eigenvalue weighted by atomic mass is 10.1. The predicted molar refractivity (Wildman–Crippen MR) is 67.3 cm³/mol. The van der Waals surface area contributed by atoms with Gasteiger partial charge in [0.2, 0.25) is 5.91 Å². The molecule has 1 heterocycles. The molecule has 6 heteroatoms. The molecule has 1 aromatic rings. The molecule has 6 nitrogen and oxygen atoms in total. The Bertz CT molecular complexity index is 434. The van der Waals surface area contributed by atoms with Gasteiger partial charge in [-0.3, -0.25) is 9.78 Å². The molecule has 1 rings (SSSR count). The van der Waals surface area contributed by atoms with E-state index in [-0.39, 0.29) is 23.9 Å². The van der Waals surface area contributed by atoms with Gasteiger partial charge in [-0.25, -0.2) is 4.79 Å². The average molecular weight is 251 g/mol. The molecule has 0 radical (unpaired) electrons. The first-order valence-corrected chi connectivity index (χ1v) is 5.76. The Balaban J connectivity index is 2.59. The number of carbonyl (C=O) groups excluding carboxylic acids is 1. The number of aromatic nitrogens is 1. The Morgan fingerprint density at radius 2 is 2.22 bits per heavy atom. The predicted octanol–water partition coefficient (Wildman–Crippen LogP) is 1.24. The molecule has 0 saturated heterocycles. The Labute approximate surface area is 105 Å². The van der Waals surface area contributed by atoms with Crippen molar-refractivity contribution in [3.63, 3.8) is 0 Å². The van der Waals surface area contributed by atoms with Crippen LogP contribution in [0, 0.1) is 0 Å². The summed E-state index contributed by atoms with van der Waals surface area (Å²) in [7, 11) is 0. The summed E-state index contributed by atoms with van der Waals surface area (Å²) in [5.74, 6) is -1.32. The lowest BCUT2D eigenvalue weighted by Gasteiger charge is -2.10. The number of aromatic carboxylic acids is 1. The van der Waals surface area contributed by atoms with Gasteiger partial charge in [0.25, 0.3) is 0 Å². The number of carbonyl (C=O) groups is 2. The number of anilines is 1. The zero-order chi connectivity index (χ0) is 13.5. The van der Waals surface area contributed by atoms with Gasteiger partial charge in [0.1, 0.15) is 0 Å². The number of pyridine rings is 1. The minimum atomic E-state index is -1.08. The zero-order valence-electron chi connectivity index (χ0n) is 10.2. The first-order valence-electron chi connectivity index (χ1n) is 5.76. The smallest absolute Gasteiger partial charge is 0.337 e. The van der Waals surface area contributed by atoms with Gasteiger partial charge in [-0.05, 0) is 12.5 Å². The largest absolute Gasteiger partial charge is 0.478 e. The monoisotopic (exact) mass is 251 g/mol. The first kappa shape index (κ1) is 14.1. The third-order valence-electron chi connectivity index (χ3n) is 2.38. The summed E-state index contributed by atoms with van der Waals surface area (Å²) in [5.41, 5.74) is 6.14. The molecule has 1 amide bonds. The molecule has 0 aliphatic heterocycles. The van der Waals surface area contributed by atoms with Crippen LogP contribution in [0.4, 0.5) is 5.69 Å². The van der Waals surface area contributed by atoms with Crippen molar-refractivity contribution < 1.29 is 14.7 Å². The lowest BCUT2D eigenvalue weighted by molar-refractivity contribution is -0.116. The number of carboxylic acids is 1. The molecule has 0 saturated carbocycles. The first-order chi connectivity index (χ1) is 8.52. The molecule has 1 atom stereocenters. The summed E-state index contributed by atoms with van der Waals surface area (Å²) in [6.07, 6.45) is 4.53. The Morgan fingerprint density at radius 3 is 2.83 bits per heavy atom. The average Bonchev–Trinajstić information content (AvgIpc) is 2.29. The molecule has 1 aromatic heterocycles. The third kappa shape index (κ3) is 4.50. The summed E-state index contributed by atoms with van der Waals surface area (Å²) in [6, 6.07) is 1.18. The Hall–Kier alpha value is -1.95. The number of hydrogen-bond donors (Lipinski definition) is 3. The van der Waals surface area contributed by atoms with Crippen molar-refractivity contribution in [2.24, 2.45) is 5.73 Å². The summed E-state index contributed by atoms with van der Waals surface area (Å²) in [4.78, 5) is 26.1. The van der Waals surface area contributed by atoms with Gasteiger partial charge in [0.15, 0.2) is 0 Å². The highest BCUT2D eigenvalue weighted by Gasteiger charge is 2.10. The van der Waals surface area contributed by atoms with Crippen LogP contribution >= 0.6 is 0 Å². The van der Waals surface area contributed by atoms with Gasteiger partial charge in [-0.15, -0.1) is 0 Å². The van der Waals surface area contributed by atoms with Crippen LogP contribution in [0.25, 0.3) is 0 Å². The number of rotatable bonds is 6. The van der Waals surface area contributed by atoms with Crippen molar-refractivity contribution in [1.29, 1.82) is 0 Å². The van der Waals surface area contributed by atoms with Crippen molar-refractivity contribution in [2.45, 2.75) is 32.2 Å². The van der Waals surface area contributed by atoms with Crippen LogP contribution in [-0.2, 0) is 4.79 Å². The summed E-state index contributed by atoms with van der Waals surface area (Å²) in [6.45, 7) is 2.00. The van der Waals surface area contributed by atoms with Crippen LogP contribution in [0.2, 0.25) is 0 Å². The van der Waals surface area contributed by atoms with Crippen molar-refractivity contribution in [2.75, 3.05) is 5.32 Å². The number of nitrogens with one attached hydrogen (secondary N) is 1.